The van der Waals surface area contributed by atoms with Gasteiger partial charge in [0.2, 0.25) is 0 Å². The molecule has 1 aromatic carbocycles. The second-order valence-electron chi connectivity index (χ2n) is 4.68. The number of hydrogen-bond donors (Lipinski definition) is 0. The van der Waals surface area contributed by atoms with Gasteiger partial charge in [-0.25, -0.2) is 9.97 Å². The van der Waals surface area contributed by atoms with Crippen LogP contribution in [-0.2, 0) is 5.75 Å². The largest absolute Gasteiger partial charge is 0.221 e. The van der Waals surface area contributed by atoms with E-state index < -0.39 is 0 Å². The molecule has 0 aliphatic rings. The average molecular weight is 335 g/mol. The summed E-state index contributed by atoms with van der Waals surface area (Å²) in [7, 11) is 0. The second-order valence-corrected chi connectivity index (χ2v) is 7.00. The van der Waals surface area contributed by atoms with E-state index in [1.165, 1.54) is 0 Å². The molecule has 0 spiro atoms. The predicted octanol–water partition coefficient (Wildman–Crippen LogP) is 5.65. The van der Waals surface area contributed by atoms with Crippen molar-refractivity contribution in [1.82, 2.24) is 9.97 Å². The van der Waals surface area contributed by atoms with Crippen LogP contribution in [0.1, 0.15) is 19.2 Å². The molecule has 0 amide bonds. The maximum atomic E-state index is 6.42. The maximum absolute atomic E-state index is 6.42. The van der Waals surface area contributed by atoms with Gasteiger partial charge in [0.1, 0.15) is 15.8 Å². The van der Waals surface area contributed by atoms with Crippen LogP contribution in [0, 0.1) is 0 Å². The summed E-state index contributed by atoms with van der Waals surface area (Å²) in [6, 6.07) is 10.2. The molecule has 3 aromatic rings. The van der Waals surface area contributed by atoms with Gasteiger partial charge < -0.3 is 0 Å². The van der Waals surface area contributed by atoms with Crippen LogP contribution in [0.3, 0.4) is 0 Å². The van der Waals surface area contributed by atoms with Gasteiger partial charge in [0.15, 0.2) is 0 Å². The lowest BCUT2D eigenvalue weighted by molar-refractivity contribution is 1.06. The van der Waals surface area contributed by atoms with Gasteiger partial charge in [-0.3, -0.25) is 0 Å². The highest BCUT2D eigenvalue weighted by Gasteiger charge is 2.13. The lowest BCUT2D eigenvalue weighted by Gasteiger charge is -2.03. The second kappa shape index (κ2) is 6.77. The van der Waals surface area contributed by atoms with Crippen molar-refractivity contribution in [2.45, 2.75) is 19.1 Å². The van der Waals surface area contributed by atoms with E-state index >= 15 is 0 Å². The zero-order valence-corrected chi connectivity index (χ0v) is 14.1. The Morgan fingerprint density at radius 3 is 2.76 bits per heavy atom. The lowest BCUT2D eigenvalue weighted by Crippen LogP contribution is -1.94. The molecule has 0 radical (unpaired) electrons. The molecule has 0 aliphatic heterocycles. The summed E-state index contributed by atoms with van der Waals surface area (Å²) in [5.41, 5.74) is 2.27. The van der Waals surface area contributed by atoms with Crippen molar-refractivity contribution in [3.05, 3.63) is 46.7 Å². The molecule has 0 saturated carbocycles. The summed E-state index contributed by atoms with van der Waals surface area (Å²) < 4.78 is 0. The standard InChI is InChI=1S/C16H15ClN2S2/c1-2-8-20-10-13-18-15(17)14-12(9-21-16(14)19-13)11-6-4-3-5-7-11/h3-7,9H,2,8,10H2,1H3. The van der Waals surface area contributed by atoms with Crippen molar-refractivity contribution in [3.63, 3.8) is 0 Å². The third-order valence-electron chi connectivity index (χ3n) is 3.10. The fourth-order valence-electron chi connectivity index (χ4n) is 2.14. The van der Waals surface area contributed by atoms with E-state index in [9.17, 15) is 0 Å². The molecule has 2 nitrogen and oxygen atoms in total. The number of halogens is 1. The van der Waals surface area contributed by atoms with Crippen LogP contribution in [0.2, 0.25) is 5.15 Å². The van der Waals surface area contributed by atoms with E-state index in [2.05, 4.69) is 34.4 Å². The van der Waals surface area contributed by atoms with Crippen molar-refractivity contribution >= 4 is 44.9 Å². The van der Waals surface area contributed by atoms with Gasteiger partial charge in [0.25, 0.3) is 0 Å². The lowest BCUT2D eigenvalue weighted by atomic mass is 10.1. The monoisotopic (exact) mass is 334 g/mol. The highest BCUT2D eigenvalue weighted by Crippen LogP contribution is 2.36. The van der Waals surface area contributed by atoms with Gasteiger partial charge in [-0.05, 0) is 17.7 Å². The summed E-state index contributed by atoms with van der Waals surface area (Å²) >= 11 is 9.90. The molecule has 5 heteroatoms. The number of aromatic nitrogens is 2. The zero-order chi connectivity index (χ0) is 14.7. The third kappa shape index (κ3) is 3.23. The third-order valence-corrected chi connectivity index (χ3v) is 5.41. The predicted molar refractivity (Wildman–Crippen MR) is 94.3 cm³/mol. The normalized spacial score (nSPS) is 11.1. The number of benzene rings is 1. The van der Waals surface area contributed by atoms with Gasteiger partial charge in [-0.1, -0.05) is 48.9 Å². The minimum atomic E-state index is 0.562. The Bertz CT molecular complexity index is 741. The molecule has 2 aromatic heterocycles. The molecule has 0 fully saturated rings. The Morgan fingerprint density at radius 2 is 2.00 bits per heavy atom. The number of thioether (sulfide) groups is 1. The van der Waals surface area contributed by atoms with Gasteiger partial charge in [-0.15, -0.1) is 11.3 Å². The molecule has 2 heterocycles. The number of nitrogens with zero attached hydrogens (tertiary/aromatic N) is 2. The van der Waals surface area contributed by atoms with E-state index in [0.717, 1.165) is 45.1 Å². The van der Waals surface area contributed by atoms with Crippen LogP contribution in [-0.4, -0.2) is 15.7 Å². The molecule has 21 heavy (non-hydrogen) atoms. The van der Waals surface area contributed by atoms with Crippen molar-refractivity contribution in [3.8, 4) is 11.1 Å². The van der Waals surface area contributed by atoms with E-state index in [4.69, 9.17) is 11.6 Å². The maximum Gasteiger partial charge on any atom is 0.142 e. The van der Waals surface area contributed by atoms with Crippen LogP contribution in [0.5, 0.6) is 0 Å². The molecule has 0 bridgehead atoms. The molecule has 0 atom stereocenters. The Balaban J connectivity index is 1.99. The molecular formula is C16H15ClN2S2. The first-order valence-corrected chi connectivity index (χ1v) is 9.27. The average Bonchev–Trinajstić information content (AvgIpc) is 2.93. The van der Waals surface area contributed by atoms with Gasteiger partial charge in [0, 0.05) is 10.9 Å². The summed E-state index contributed by atoms with van der Waals surface area (Å²) in [5.74, 6) is 2.77. The zero-order valence-electron chi connectivity index (χ0n) is 11.7. The van der Waals surface area contributed by atoms with Crippen molar-refractivity contribution < 1.29 is 0 Å². The minimum Gasteiger partial charge on any atom is -0.221 e. The first kappa shape index (κ1) is 14.8. The number of fused-ring (bicyclic) bond motifs is 1. The van der Waals surface area contributed by atoms with Crippen LogP contribution in [0.15, 0.2) is 35.7 Å². The molecule has 0 N–H and O–H groups in total. The highest BCUT2D eigenvalue weighted by molar-refractivity contribution is 7.98. The summed E-state index contributed by atoms with van der Waals surface area (Å²) in [6.45, 7) is 2.18. The van der Waals surface area contributed by atoms with Gasteiger partial charge in [0.05, 0.1) is 11.1 Å². The highest BCUT2D eigenvalue weighted by atomic mass is 35.5. The van der Waals surface area contributed by atoms with Gasteiger partial charge >= 0.3 is 0 Å². The Morgan fingerprint density at radius 1 is 1.19 bits per heavy atom. The van der Waals surface area contributed by atoms with E-state index in [-0.39, 0.29) is 0 Å². The molecule has 3 rings (SSSR count). The molecular weight excluding hydrogens is 320 g/mol. The SMILES string of the molecule is CCCSCc1nc(Cl)c2c(-c3ccccc3)csc2n1. The number of hydrogen-bond acceptors (Lipinski definition) is 4. The summed E-state index contributed by atoms with van der Waals surface area (Å²) in [4.78, 5) is 10.1. The molecule has 108 valence electrons. The summed E-state index contributed by atoms with van der Waals surface area (Å²) in [5, 5.41) is 3.65. The topological polar surface area (TPSA) is 25.8 Å². The Kier molecular flexibility index (Phi) is 4.78. The fourth-order valence-corrected chi connectivity index (χ4v) is 4.20. The van der Waals surface area contributed by atoms with Gasteiger partial charge in [-0.2, -0.15) is 11.8 Å². The number of thiophene rings is 1. The van der Waals surface area contributed by atoms with E-state index in [0.29, 0.717) is 5.15 Å². The Labute approximate surface area is 137 Å². The fraction of sp³-hybridized carbons (Fsp3) is 0.250. The quantitative estimate of drug-likeness (QED) is 0.445. The van der Waals surface area contributed by atoms with Crippen LogP contribution < -0.4 is 0 Å². The van der Waals surface area contributed by atoms with E-state index in [1.807, 2.05) is 30.0 Å². The molecule has 0 saturated heterocycles. The smallest absolute Gasteiger partial charge is 0.142 e. The first-order chi connectivity index (χ1) is 10.3. The van der Waals surface area contributed by atoms with Crippen LogP contribution >= 0.6 is 34.7 Å². The Hall–Kier alpha value is -1.10. The number of rotatable bonds is 5. The first-order valence-electron chi connectivity index (χ1n) is 6.86. The van der Waals surface area contributed by atoms with Crippen molar-refractivity contribution in [1.29, 1.82) is 0 Å². The van der Waals surface area contributed by atoms with E-state index in [1.54, 1.807) is 11.3 Å². The molecule has 0 aliphatic carbocycles. The van der Waals surface area contributed by atoms with Crippen LogP contribution in [0.4, 0.5) is 0 Å². The van der Waals surface area contributed by atoms with Crippen molar-refractivity contribution in [2.75, 3.05) is 5.75 Å². The van der Waals surface area contributed by atoms with Crippen molar-refractivity contribution in [2.24, 2.45) is 0 Å². The van der Waals surface area contributed by atoms with Crippen LogP contribution in [0.25, 0.3) is 21.3 Å². The molecule has 0 unspecified atom stereocenters. The minimum absolute atomic E-state index is 0.562. The summed E-state index contributed by atoms with van der Waals surface area (Å²) in [6.07, 6.45) is 1.16.